The molecule has 1 aromatic rings. The molecule has 78 valence electrons. The highest BCUT2D eigenvalue weighted by atomic mass is 16.3. The third-order valence-corrected chi connectivity index (χ3v) is 2.90. The third kappa shape index (κ3) is 1.87. The first-order valence-electron chi connectivity index (χ1n) is 5.07. The summed E-state index contributed by atoms with van der Waals surface area (Å²) in [5.41, 5.74) is 3.27. The minimum atomic E-state index is -0.992. The summed E-state index contributed by atoms with van der Waals surface area (Å²) in [6.45, 7) is 0. The molecule has 0 saturated heterocycles. The van der Waals surface area contributed by atoms with Gasteiger partial charge in [0.05, 0.1) is 18.6 Å². The quantitative estimate of drug-likeness (QED) is 0.773. The van der Waals surface area contributed by atoms with Crippen molar-refractivity contribution in [2.75, 3.05) is 0 Å². The van der Waals surface area contributed by atoms with E-state index in [1.165, 1.54) is 11.1 Å². The van der Waals surface area contributed by atoms with Gasteiger partial charge in [-0.1, -0.05) is 18.2 Å². The zero-order valence-electron chi connectivity index (χ0n) is 8.35. The molecule has 2 atom stereocenters. The second-order valence-electron chi connectivity index (χ2n) is 3.90. The fourth-order valence-electron chi connectivity index (χ4n) is 1.83. The number of hydrogen-bond acceptors (Lipinski definition) is 3. The van der Waals surface area contributed by atoms with Crippen molar-refractivity contribution in [3.63, 3.8) is 0 Å². The van der Waals surface area contributed by atoms with Gasteiger partial charge in [-0.15, -0.1) is 0 Å². The molecule has 1 aliphatic rings. The van der Waals surface area contributed by atoms with E-state index in [9.17, 15) is 10.2 Å². The lowest BCUT2D eigenvalue weighted by molar-refractivity contribution is 0.0215. The van der Waals surface area contributed by atoms with Crippen molar-refractivity contribution in [1.29, 1.82) is 5.26 Å². The van der Waals surface area contributed by atoms with Crippen molar-refractivity contribution in [2.24, 2.45) is 0 Å². The van der Waals surface area contributed by atoms with Crippen LogP contribution in [0.25, 0.3) is 0 Å². The van der Waals surface area contributed by atoms with Crippen LogP contribution in [-0.2, 0) is 12.8 Å². The highest BCUT2D eigenvalue weighted by Gasteiger charge is 2.21. The predicted octanol–water partition coefficient (Wildman–Crippen LogP) is 1.09. The summed E-state index contributed by atoms with van der Waals surface area (Å²) >= 11 is 0. The van der Waals surface area contributed by atoms with Gasteiger partial charge in [0.1, 0.15) is 6.10 Å². The average molecular weight is 203 g/mol. The van der Waals surface area contributed by atoms with Gasteiger partial charge in [-0.25, -0.2) is 0 Å². The van der Waals surface area contributed by atoms with Gasteiger partial charge in [0.15, 0.2) is 0 Å². The van der Waals surface area contributed by atoms with E-state index in [0.29, 0.717) is 5.56 Å². The highest BCUT2D eigenvalue weighted by Crippen LogP contribution is 2.27. The van der Waals surface area contributed by atoms with E-state index >= 15 is 0 Å². The first-order valence-corrected chi connectivity index (χ1v) is 5.07. The second kappa shape index (κ2) is 4.01. The fraction of sp³-hybridized carbons (Fsp3) is 0.417. The molecule has 0 radical (unpaired) electrons. The number of fused-ring (bicyclic) bond motifs is 1. The summed E-state index contributed by atoms with van der Waals surface area (Å²) in [4.78, 5) is 0. The maximum Gasteiger partial charge on any atom is 0.106 e. The van der Waals surface area contributed by atoms with E-state index in [0.717, 1.165) is 12.8 Å². The van der Waals surface area contributed by atoms with Gasteiger partial charge in [-0.2, -0.15) is 5.26 Å². The molecule has 2 rings (SSSR count). The Morgan fingerprint density at radius 3 is 2.53 bits per heavy atom. The van der Waals surface area contributed by atoms with Crippen LogP contribution in [0.5, 0.6) is 0 Å². The van der Waals surface area contributed by atoms with Crippen LogP contribution in [0.1, 0.15) is 29.2 Å². The number of aliphatic hydroxyl groups excluding tert-OH is 2. The van der Waals surface area contributed by atoms with Crippen molar-refractivity contribution in [3.05, 3.63) is 34.9 Å². The van der Waals surface area contributed by atoms with Crippen LogP contribution in [0.2, 0.25) is 0 Å². The van der Waals surface area contributed by atoms with Crippen molar-refractivity contribution in [1.82, 2.24) is 0 Å². The SMILES string of the molecule is N#CCC(O)C(O)c1ccc2c(c1)CC2. The topological polar surface area (TPSA) is 64.2 Å². The number of hydrogen-bond donors (Lipinski definition) is 2. The van der Waals surface area contributed by atoms with Crippen LogP contribution in [-0.4, -0.2) is 16.3 Å². The Bertz CT molecular complexity index is 409. The number of nitrogens with zero attached hydrogens (tertiary/aromatic N) is 1. The van der Waals surface area contributed by atoms with Crippen molar-refractivity contribution in [2.45, 2.75) is 31.5 Å². The number of aliphatic hydroxyl groups is 2. The molecule has 2 unspecified atom stereocenters. The molecule has 0 spiro atoms. The molecule has 0 bridgehead atoms. The number of rotatable bonds is 3. The molecule has 0 amide bonds. The number of benzene rings is 1. The van der Waals surface area contributed by atoms with E-state index in [-0.39, 0.29) is 6.42 Å². The summed E-state index contributed by atoms with van der Waals surface area (Å²) < 4.78 is 0. The molecule has 1 aliphatic carbocycles. The van der Waals surface area contributed by atoms with Crippen LogP contribution in [0, 0.1) is 11.3 Å². The zero-order chi connectivity index (χ0) is 10.8. The monoisotopic (exact) mass is 203 g/mol. The van der Waals surface area contributed by atoms with Gasteiger partial charge in [0.25, 0.3) is 0 Å². The van der Waals surface area contributed by atoms with E-state index in [2.05, 4.69) is 0 Å². The molecule has 0 aromatic heterocycles. The molecule has 0 aliphatic heterocycles. The van der Waals surface area contributed by atoms with Crippen LogP contribution >= 0.6 is 0 Å². The van der Waals surface area contributed by atoms with E-state index in [1.54, 1.807) is 0 Å². The van der Waals surface area contributed by atoms with Gasteiger partial charge in [-0.05, 0) is 29.5 Å². The molecule has 1 aromatic carbocycles. The second-order valence-corrected chi connectivity index (χ2v) is 3.90. The first kappa shape index (κ1) is 10.2. The van der Waals surface area contributed by atoms with E-state index in [1.807, 2.05) is 24.3 Å². The Morgan fingerprint density at radius 2 is 2.00 bits per heavy atom. The lowest BCUT2D eigenvalue weighted by atomic mass is 9.86. The predicted molar refractivity (Wildman–Crippen MR) is 55.0 cm³/mol. The Labute approximate surface area is 88.6 Å². The van der Waals surface area contributed by atoms with Crippen molar-refractivity contribution < 1.29 is 10.2 Å². The molecule has 15 heavy (non-hydrogen) atoms. The van der Waals surface area contributed by atoms with Crippen molar-refractivity contribution >= 4 is 0 Å². The number of aryl methyl sites for hydroxylation is 2. The minimum Gasteiger partial charge on any atom is -0.389 e. The summed E-state index contributed by atoms with van der Waals surface area (Å²) in [5.74, 6) is 0. The summed E-state index contributed by atoms with van der Waals surface area (Å²) in [7, 11) is 0. The summed E-state index contributed by atoms with van der Waals surface area (Å²) in [6, 6.07) is 7.57. The Balaban J connectivity index is 2.15. The molecular weight excluding hydrogens is 190 g/mol. The third-order valence-electron chi connectivity index (χ3n) is 2.90. The Morgan fingerprint density at radius 1 is 1.27 bits per heavy atom. The fourth-order valence-corrected chi connectivity index (χ4v) is 1.83. The number of nitriles is 1. The minimum absolute atomic E-state index is 0.0434. The smallest absolute Gasteiger partial charge is 0.106 e. The van der Waals surface area contributed by atoms with Gasteiger partial charge in [0, 0.05) is 0 Å². The van der Waals surface area contributed by atoms with Crippen LogP contribution in [0.15, 0.2) is 18.2 Å². The molecule has 2 N–H and O–H groups in total. The van der Waals surface area contributed by atoms with Crippen LogP contribution < -0.4 is 0 Å². The normalized spacial score (nSPS) is 17.1. The lowest BCUT2D eigenvalue weighted by Gasteiger charge is -2.22. The lowest BCUT2D eigenvalue weighted by Crippen LogP contribution is -2.19. The highest BCUT2D eigenvalue weighted by molar-refractivity contribution is 5.39. The molecule has 3 nitrogen and oxygen atoms in total. The van der Waals surface area contributed by atoms with Gasteiger partial charge < -0.3 is 10.2 Å². The van der Waals surface area contributed by atoms with E-state index in [4.69, 9.17) is 5.26 Å². The van der Waals surface area contributed by atoms with Crippen molar-refractivity contribution in [3.8, 4) is 6.07 Å². The summed E-state index contributed by atoms with van der Waals surface area (Å²) in [5, 5.41) is 27.7. The maximum absolute atomic E-state index is 9.76. The van der Waals surface area contributed by atoms with Gasteiger partial charge in [0.2, 0.25) is 0 Å². The van der Waals surface area contributed by atoms with Crippen LogP contribution in [0.4, 0.5) is 0 Å². The average Bonchev–Trinajstić information content (AvgIpc) is 2.19. The van der Waals surface area contributed by atoms with Crippen LogP contribution in [0.3, 0.4) is 0 Å². The standard InChI is InChI=1S/C12H13NO2/c13-6-5-11(14)12(15)10-4-2-8-1-3-9(8)7-10/h2,4,7,11-12,14-15H,1,3,5H2. The summed E-state index contributed by atoms with van der Waals surface area (Å²) in [6.07, 6.45) is 0.165. The van der Waals surface area contributed by atoms with Gasteiger partial charge in [-0.3, -0.25) is 0 Å². The molecular formula is C12H13NO2. The Hall–Kier alpha value is -1.37. The zero-order valence-corrected chi connectivity index (χ0v) is 8.35. The Kier molecular flexibility index (Phi) is 2.72. The van der Waals surface area contributed by atoms with Gasteiger partial charge >= 0.3 is 0 Å². The molecule has 0 saturated carbocycles. The molecule has 0 heterocycles. The molecule has 3 heteroatoms. The van der Waals surface area contributed by atoms with E-state index < -0.39 is 12.2 Å². The molecule has 0 fully saturated rings. The maximum atomic E-state index is 9.76. The first-order chi connectivity index (χ1) is 7.22. The largest absolute Gasteiger partial charge is 0.389 e.